The van der Waals surface area contributed by atoms with Crippen LogP contribution in [0, 0.1) is 5.82 Å². The Morgan fingerprint density at radius 3 is 2.72 bits per heavy atom. The number of hydrogen-bond acceptors (Lipinski definition) is 2. The highest BCUT2D eigenvalue weighted by molar-refractivity contribution is 5.76. The average Bonchev–Trinajstić information content (AvgIpc) is 2.78. The molecule has 0 saturated heterocycles. The van der Waals surface area contributed by atoms with Crippen LogP contribution in [0.15, 0.2) is 45.9 Å². The zero-order valence-corrected chi connectivity index (χ0v) is 9.43. The highest BCUT2D eigenvalue weighted by atomic mass is 19.1. The number of nitrogens with two attached hydrogens (primary N) is 2. The summed E-state index contributed by atoms with van der Waals surface area (Å²) in [5.41, 5.74) is 10.7. The van der Waals surface area contributed by atoms with E-state index in [0.29, 0.717) is 17.1 Å². The molecule has 0 radical (unpaired) electrons. The lowest BCUT2D eigenvalue weighted by Crippen LogP contribution is -2.63. The number of hydrogen-bond donors (Lipinski definition) is 3. The number of nitrogens with one attached hydrogen (secondary N) is 1. The van der Waals surface area contributed by atoms with Gasteiger partial charge in [0, 0.05) is 5.10 Å². The van der Waals surface area contributed by atoms with Crippen molar-refractivity contribution in [2.75, 3.05) is 0 Å². The van der Waals surface area contributed by atoms with Gasteiger partial charge in [0.05, 0.1) is 5.56 Å². The summed E-state index contributed by atoms with van der Waals surface area (Å²) in [5.74, 6) is 0.492. The smallest absolute Gasteiger partial charge is 0.256 e. The first kappa shape index (κ1) is 11.8. The number of rotatable bonds is 3. The first-order valence-corrected chi connectivity index (χ1v) is 5.19. The molecule has 0 aliphatic rings. The third kappa shape index (κ3) is 2.73. The molecule has 0 aliphatic heterocycles. The third-order valence-electron chi connectivity index (χ3n) is 2.17. The summed E-state index contributed by atoms with van der Waals surface area (Å²) in [5, 5.41) is 6.06. The summed E-state index contributed by atoms with van der Waals surface area (Å²) in [6.45, 7) is 0. The van der Waals surface area contributed by atoms with Crippen LogP contribution in [0.2, 0.25) is 0 Å². The molecular weight excluding hydrogens is 235 g/mol. The molecule has 2 rings (SSSR count). The Labute approximate surface area is 103 Å². The van der Waals surface area contributed by atoms with Crippen LogP contribution in [0.4, 0.5) is 4.39 Å². The Morgan fingerprint density at radius 2 is 2.00 bits per heavy atom. The van der Waals surface area contributed by atoms with Gasteiger partial charge in [0.2, 0.25) is 6.21 Å². The van der Waals surface area contributed by atoms with Crippen LogP contribution in [0.1, 0.15) is 5.76 Å². The van der Waals surface area contributed by atoms with Crippen molar-refractivity contribution in [3.63, 3.8) is 0 Å². The van der Waals surface area contributed by atoms with Crippen LogP contribution in [0.3, 0.4) is 0 Å². The number of guanidine groups is 1. The van der Waals surface area contributed by atoms with Crippen LogP contribution in [-0.4, -0.2) is 12.2 Å². The molecule has 2 aromatic rings. The molecule has 0 bridgehead atoms. The fourth-order valence-corrected chi connectivity index (χ4v) is 1.41. The van der Waals surface area contributed by atoms with Crippen molar-refractivity contribution >= 4 is 12.2 Å². The van der Waals surface area contributed by atoms with Gasteiger partial charge in [0.15, 0.2) is 5.76 Å². The highest BCUT2D eigenvalue weighted by Crippen LogP contribution is 2.23. The maximum atomic E-state index is 13.5. The molecule has 5 N–H and O–H groups in total. The molecule has 0 unspecified atom stereocenters. The summed E-state index contributed by atoms with van der Waals surface area (Å²) in [6, 6.07) is 9.72. The Kier molecular flexibility index (Phi) is 3.38. The van der Waals surface area contributed by atoms with E-state index in [1.54, 1.807) is 30.3 Å². The van der Waals surface area contributed by atoms with Crippen molar-refractivity contribution < 1.29 is 13.9 Å². The Balaban J connectivity index is 2.24. The summed E-state index contributed by atoms with van der Waals surface area (Å²) >= 11 is 0. The summed E-state index contributed by atoms with van der Waals surface area (Å²) in [6.07, 6.45) is 1.46. The number of furan rings is 1. The molecule has 0 atom stereocenters. The quantitative estimate of drug-likeness (QED) is 0.397. The van der Waals surface area contributed by atoms with E-state index in [2.05, 4.69) is 10.2 Å². The van der Waals surface area contributed by atoms with Gasteiger partial charge in [0.1, 0.15) is 11.6 Å². The van der Waals surface area contributed by atoms with Gasteiger partial charge in [-0.25, -0.2) is 4.39 Å². The largest absolute Gasteiger partial charge is 0.450 e. The minimum absolute atomic E-state index is 0.0906. The minimum atomic E-state index is -0.337. The molecule has 0 fully saturated rings. The van der Waals surface area contributed by atoms with E-state index in [9.17, 15) is 4.39 Å². The molecule has 92 valence electrons. The van der Waals surface area contributed by atoms with E-state index < -0.39 is 0 Å². The zero-order valence-electron chi connectivity index (χ0n) is 9.43. The average molecular weight is 247 g/mol. The maximum absolute atomic E-state index is 13.5. The zero-order chi connectivity index (χ0) is 13.0. The highest BCUT2D eigenvalue weighted by Gasteiger charge is 2.08. The number of benzene rings is 1. The number of halogens is 1. The van der Waals surface area contributed by atoms with Gasteiger partial charge in [-0.05, 0) is 24.3 Å². The molecule has 0 amide bonds. The standard InChI is InChI=1S/C12H11FN4O/c13-10-4-2-1-3-9(10)11-6-5-8(18-11)7-16-17-12(14)15/h1-7H,(H4,14,15,17)/p+1/b16-7+. The number of nitrogens with zero attached hydrogens (tertiary/aromatic N) is 1. The van der Waals surface area contributed by atoms with E-state index in [1.165, 1.54) is 12.3 Å². The Hall–Kier alpha value is -2.63. The van der Waals surface area contributed by atoms with Crippen LogP contribution in [0.25, 0.3) is 11.3 Å². The summed E-state index contributed by atoms with van der Waals surface area (Å²) in [7, 11) is 0. The van der Waals surface area contributed by atoms with Gasteiger partial charge < -0.3 is 15.9 Å². The second kappa shape index (κ2) is 5.13. The second-order valence-corrected chi connectivity index (χ2v) is 3.49. The first-order chi connectivity index (χ1) is 8.66. The third-order valence-corrected chi connectivity index (χ3v) is 2.17. The van der Waals surface area contributed by atoms with Crippen molar-refractivity contribution in [1.29, 1.82) is 0 Å². The van der Waals surface area contributed by atoms with Crippen LogP contribution in [0.5, 0.6) is 0 Å². The molecular formula is C12H12FN4O+. The van der Waals surface area contributed by atoms with Crippen molar-refractivity contribution in [1.82, 2.24) is 0 Å². The lowest BCUT2D eigenvalue weighted by atomic mass is 10.1. The van der Waals surface area contributed by atoms with Crippen LogP contribution < -0.4 is 16.6 Å². The topological polar surface area (TPSA) is 91.5 Å². The molecule has 0 spiro atoms. The Bertz CT molecular complexity index is 600. The lowest BCUT2D eigenvalue weighted by Gasteiger charge is -1.97. The number of hydrazone groups is 1. The van der Waals surface area contributed by atoms with Gasteiger partial charge in [-0.15, -0.1) is 0 Å². The van der Waals surface area contributed by atoms with Gasteiger partial charge in [0.25, 0.3) is 5.96 Å². The van der Waals surface area contributed by atoms with Crippen molar-refractivity contribution in [2.45, 2.75) is 0 Å². The molecule has 0 aliphatic carbocycles. The molecule has 1 heterocycles. The van der Waals surface area contributed by atoms with Gasteiger partial charge in [-0.3, -0.25) is 0 Å². The van der Waals surface area contributed by atoms with Crippen LogP contribution >= 0.6 is 0 Å². The molecule has 18 heavy (non-hydrogen) atoms. The molecule has 1 aromatic carbocycles. The Morgan fingerprint density at radius 1 is 1.22 bits per heavy atom. The van der Waals surface area contributed by atoms with E-state index in [4.69, 9.17) is 15.9 Å². The van der Waals surface area contributed by atoms with E-state index in [1.807, 2.05) is 0 Å². The normalized spacial score (nSPS) is 10.7. The molecule has 6 heteroatoms. The van der Waals surface area contributed by atoms with Crippen molar-refractivity contribution in [2.24, 2.45) is 16.6 Å². The van der Waals surface area contributed by atoms with Crippen LogP contribution in [-0.2, 0) is 0 Å². The second-order valence-electron chi connectivity index (χ2n) is 3.49. The fourth-order valence-electron chi connectivity index (χ4n) is 1.41. The molecule has 0 saturated carbocycles. The summed E-state index contributed by atoms with van der Waals surface area (Å²) in [4.78, 5) is 0. The predicted molar refractivity (Wildman–Crippen MR) is 66.0 cm³/mol. The minimum Gasteiger partial charge on any atom is -0.450 e. The van der Waals surface area contributed by atoms with Gasteiger partial charge >= 0.3 is 0 Å². The predicted octanol–water partition coefficient (Wildman–Crippen LogP) is -0.226. The fraction of sp³-hybridized carbons (Fsp3) is 0. The van der Waals surface area contributed by atoms with E-state index >= 15 is 0 Å². The first-order valence-electron chi connectivity index (χ1n) is 5.19. The van der Waals surface area contributed by atoms with Gasteiger partial charge in [-0.2, -0.15) is 0 Å². The lowest BCUT2D eigenvalue weighted by molar-refractivity contribution is -0.457. The van der Waals surface area contributed by atoms with E-state index in [-0.39, 0.29) is 11.8 Å². The molecule has 5 nitrogen and oxygen atoms in total. The van der Waals surface area contributed by atoms with Gasteiger partial charge in [-0.1, -0.05) is 17.2 Å². The molecule has 1 aromatic heterocycles. The van der Waals surface area contributed by atoms with Crippen molar-refractivity contribution in [3.8, 4) is 11.3 Å². The van der Waals surface area contributed by atoms with Crippen molar-refractivity contribution in [3.05, 3.63) is 48.0 Å². The van der Waals surface area contributed by atoms with E-state index in [0.717, 1.165) is 0 Å². The monoisotopic (exact) mass is 247 g/mol. The SMILES string of the molecule is NC(N)=N/[NH+]=C/c1ccc(-c2ccccc2F)o1. The maximum Gasteiger partial charge on any atom is 0.256 e. The summed E-state index contributed by atoms with van der Waals surface area (Å²) < 4.78 is 18.9.